The molecule has 0 aliphatic carbocycles. The minimum absolute atomic E-state index is 0.00500. The Morgan fingerprint density at radius 3 is 2.79 bits per heavy atom. The smallest absolute Gasteiger partial charge is 0.294 e. The third-order valence-electron chi connectivity index (χ3n) is 3.76. The van der Waals surface area contributed by atoms with E-state index in [4.69, 9.17) is 6.42 Å². The average molecular weight is 337 g/mol. The average Bonchev–Trinajstić information content (AvgIpc) is 2.99. The van der Waals surface area contributed by atoms with E-state index in [-0.39, 0.29) is 17.7 Å². The fourth-order valence-corrected chi connectivity index (χ4v) is 3.47. The van der Waals surface area contributed by atoms with Gasteiger partial charge in [-0.05, 0) is 55.4 Å². The summed E-state index contributed by atoms with van der Waals surface area (Å²) < 4.78 is 2.01. The highest BCUT2D eigenvalue weighted by Gasteiger charge is 2.34. The number of carbonyl (C=O) groups excluding carboxylic acids is 2. The zero-order chi connectivity index (χ0) is 17.3. The lowest BCUT2D eigenvalue weighted by molar-refractivity contribution is -0.122. The largest absolute Gasteiger partial charge is 0.303 e. The number of amides is 2. The van der Waals surface area contributed by atoms with Gasteiger partial charge in [-0.25, -0.2) is 4.98 Å². The SMILES string of the molecule is C#CCN1C(=O)SC(=Cc2cc(C)n(-c3ccccn3)c2C)C1=O. The van der Waals surface area contributed by atoms with E-state index in [1.54, 1.807) is 12.3 Å². The second-order valence-corrected chi connectivity index (χ2v) is 6.31. The number of imide groups is 1. The summed E-state index contributed by atoms with van der Waals surface area (Å²) in [6, 6.07) is 7.68. The molecule has 1 saturated heterocycles. The van der Waals surface area contributed by atoms with Crippen LogP contribution < -0.4 is 0 Å². The predicted octanol–water partition coefficient (Wildman–Crippen LogP) is 3.16. The second kappa shape index (κ2) is 6.38. The molecule has 2 aromatic rings. The van der Waals surface area contributed by atoms with Crippen LogP contribution in [0.4, 0.5) is 4.79 Å². The lowest BCUT2D eigenvalue weighted by Gasteiger charge is -2.08. The van der Waals surface area contributed by atoms with Crippen molar-refractivity contribution < 1.29 is 9.59 Å². The number of hydrogen-bond donors (Lipinski definition) is 0. The molecule has 0 spiro atoms. The number of thioether (sulfide) groups is 1. The molecule has 5 nitrogen and oxygen atoms in total. The fourth-order valence-electron chi connectivity index (χ4n) is 2.64. The Morgan fingerprint density at radius 2 is 2.12 bits per heavy atom. The first kappa shape index (κ1) is 16.1. The Hall–Kier alpha value is -2.78. The number of rotatable bonds is 3. The standard InChI is InChI=1S/C18H15N3O2S/c1-4-9-20-17(22)15(24-18(20)23)11-14-10-12(2)21(13(14)3)16-7-5-6-8-19-16/h1,5-8,10-11H,9H2,2-3H3. The van der Waals surface area contributed by atoms with Crippen molar-refractivity contribution in [2.45, 2.75) is 13.8 Å². The van der Waals surface area contributed by atoms with Gasteiger partial charge in [0, 0.05) is 17.6 Å². The van der Waals surface area contributed by atoms with Crippen molar-refractivity contribution in [3.63, 3.8) is 0 Å². The van der Waals surface area contributed by atoms with Gasteiger partial charge < -0.3 is 4.57 Å². The third-order valence-corrected chi connectivity index (χ3v) is 4.67. The summed E-state index contributed by atoms with van der Waals surface area (Å²) in [7, 11) is 0. The monoisotopic (exact) mass is 337 g/mol. The Kier molecular flexibility index (Phi) is 4.28. The van der Waals surface area contributed by atoms with Gasteiger partial charge in [-0.1, -0.05) is 12.0 Å². The topological polar surface area (TPSA) is 55.2 Å². The van der Waals surface area contributed by atoms with Gasteiger partial charge in [0.05, 0.1) is 11.4 Å². The maximum atomic E-state index is 12.3. The van der Waals surface area contributed by atoms with E-state index in [9.17, 15) is 9.59 Å². The van der Waals surface area contributed by atoms with Crippen molar-refractivity contribution in [2.75, 3.05) is 6.54 Å². The van der Waals surface area contributed by atoms with Crippen LogP contribution in [0.25, 0.3) is 11.9 Å². The lowest BCUT2D eigenvalue weighted by atomic mass is 10.2. The predicted molar refractivity (Wildman–Crippen MR) is 94.5 cm³/mol. The molecule has 0 bridgehead atoms. The zero-order valence-electron chi connectivity index (χ0n) is 13.3. The van der Waals surface area contributed by atoms with Gasteiger partial charge in [-0.2, -0.15) is 0 Å². The molecule has 0 aromatic carbocycles. The fraction of sp³-hybridized carbons (Fsp3) is 0.167. The number of terminal acetylenes is 1. The van der Waals surface area contributed by atoms with Crippen molar-refractivity contribution in [1.82, 2.24) is 14.5 Å². The van der Waals surface area contributed by atoms with Crippen LogP contribution in [-0.2, 0) is 4.79 Å². The summed E-state index contributed by atoms with van der Waals surface area (Å²) in [5.74, 6) is 2.80. The highest BCUT2D eigenvalue weighted by atomic mass is 32.2. The molecule has 3 rings (SSSR count). The van der Waals surface area contributed by atoms with Crippen LogP contribution in [0.3, 0.4) is 0 Å². The Bertz CT molecular complexity index is 891. The van der Waals surface area contributed by atoms with E-state index in [1.807, 2.05) is 42.7 Å². The Balaban J connectivity index is 1.99. The van der Waals surface area contributed by atoms with Crippen LogP contribution in [0.1, 0.15) is 17.0 Å². The first-order chi connectivity index (χ1) is 11.5. The van der Waals surface area contributed by atoms with Crippen molar-refractivity contribution in [1.29, 1.82) is 0 Å². The van der Waals surface area contributed by atoms with Gasteiger partial charge in [-0.3, -0.25) is 14.5 Å². The molecule has 1 aliphatic heterocycles. The molecule has 0 N–H and O–H groups in total. The highest BCUT2D eigenvalue weighted by Crippen LogP contribution is 2.33. The van der Waals surface area contributed by atoms with Crippen molar-refractivity contribution in [2.24, 2.45) is 0 Å². The molecule has 0 unspecified atom stereocenters. The van der Waals surface area contributed by atoms with E-state index >= 15 is 0 Å². The quantitative estimate of drug-likeness (QED) is 0.638. The number of pyridine rings is 1. The second-order valence-electron chi connectivity index (χ2n) is 5.32. The van der Waals surface area contributed by atoms with E-state index in [0.29, 0.717) is 4.91 Å². The Labute approximate surface area is 144 Å². The van der Waals surface area contributed by atoms with Crippen molar-refractivity contribution in [3.05, 3.63) is 52.3 Å². The van der Waals surface area contributed by atoms with Crippen LogP contribution in [0.5, 0.6) is 0 Å². The van der Waals surface area contributed by atoms with Crippen LogP contribution in [0.15, 0.2) is 35.4 Å². The maximum absolute atomic E-state index is 12.3. The summed E-state index contributed by atoms with van der Waals surface area (Å²) in [5.41, 5.74) is 2.83. The van der Waals surface area contributed by atoms with Crippen LogP contribution in [0, 0.1) is 26.2 Å². The van der Waals surface area contributed by atoms with Gasteiger partial charge in [0.2, 0.25) is 0 Å². The molecule has 0 saturated carbocycles. The lowest BCUT2D eigenvalue weighted by Crippen LogP contribution is -2.28. The first-order valence-electron chi connectivity index (χ1n) is 7.32. The highest BCUT2D eigenvalue weighted by molar-refractivity contribution is 8.18. The molecule has 6 heteroatoms. The molecule has 120 valence electrons. The molecule has 2 amide bonds. The number of hydrogen-bond acceptors (Lipinski definition) is 4. The maximum Gasteiger partial charge on any atom is 0.294 e. The van der Waals surface area contributed by atoms with Gasteiger partial charge in [0.25, 0.3) is 11.1 Å². The summed E-state index contributed by atoms with van der Waals surface area (Å²) in [6.07, 6.45) is 8.68. The number of carbonyl (C=O) groups is 2. The Morgan fingerprint density at radius 1 is 1.33 bits per heavy atom. The minimum Gasteiger partial charge on any atom is -0.303 e. The van der Waals surface area contributed by atoms with Crippen LogP contribution >= 0.6 is 11.8 Å². The number of aryl methyl sites for hydroxylation is 1. The van der Waals surface area contributed by atoms with Gasteiger partial charge >= 0.3 is 0 Å². The van der Waals surface area contributed by atoms with Gasteiger partial charge in [0.15, 0.2) is 0 Å². The molecule has 0 radical (unpaired) electrons. The van der Waals surface area contributed by atoms with E-state index in [1.165, 1.54) is 0 Å². The number of nitrogens with zero attached hydrogens (tertiary/aromatic N) is 3. The van der Waals surface area contributed by atoms with Crippen LogP contribution in [-0.4, -0.2) is 32.1 Å². The molecule has 2 aromatic heterocycles. The molecule has 1 aliphatic rings. The molecular formula is C18H15N3O2S. The van der Waals surface area contributed by atoms with E-state index in [2.05, 4.69) is 10.9 Å². The van der Waals surface area contributed by atoms with E-state index < -0.39 is 0 Å². The normalized spacial score (nSPS) is 16.0. The van der Waals surface area contributed by atoms with E-state index in [0.717, 1.165) is 39.4 Å². The molecule has 0 atom stereocenters. The minimum atomic E-state index is -0.342. The van der Waals surface area contributed by atoms with Crippen molar-refractivity contribution >= 4 is 29.0 Å². The van der Waals surface area contributed by atoms with Gasteiger partial charge in [0.1, 0.15) is 5.82 Å². The third kappa shape index (κ3) is 2.74. The van der Waals surface area contributed by atoms with Crippen molar-refractivity contribution in [3.8, 4) is 18.2 Å². The zero-order valence-corrected chi connectivity index (χ0v) is 14.1. The van der Waals surface area contributed by atoms with Crippen LogP contribution in [0.2, 0.25) is 0 Å². The molecule has 3 heterocycles. The summed E-state index contributed by atoms with van der Waals surface area (Å²) in [6.45, 7) is 3.93. The summed E-state index contributed by atoms with van der Waals surface area (Å²) in [4.78, 5) is 30.0. The molecular weight excluding hydrogens is 322 g/mol. The molecule has 1 fully saturated rings. The first-order valence-corrected chi connectivity index (χ1v) is 8.13. The summed E-state index contributed by atoms with van der Waals surface area (Å²) >= 11 is 0.914. The number of aromatic nitrogens is 2. The summed E-state index contributed by atoms with van der Waals surface area (Å²) in [5, 5.41) is -0.331. The van der Waals surface area contributed by atoms with Gasteiger partial charge in [-0.15, -0.1) is 6.42 Å². The molecule has 24 heavy (non-hydrogen) atoms.